The second kappa shape index (κ2) is 5.49. The molecule has 1 aliphatic rings. The van der Waals surface area contributed by atoms with Crippen LogP contribution in [0.2, 0.25) is 0 Å². The van der Waals surface area contributed by atoms with E-state index >= 15 is 0 Å². The van der Waals surface area contributed by atoms with Crippen LogP contribution in [0.3, 0.4) is 0 Å². The molecule has 0 aliphatic heterocycles. The lowest BCUT2D eigenvalue weighted by molar-refractivity contribution is 0.659. The van der Waals surface area contributed by atoms with E-state index in [0.29, 0.717) is 23.4 Å². The number of aromatic amines is 1. The standard InChI is InChI=1S/C12H17N7OS/c1-3-19-11(20)17-18-12(19)21-10-6(2)8(16-13)14-9(15-10)7-4-5-7/h7H,3-5,13H2,1-2H3,(H,17,20)(H,14,15,16). The molecule has 1 fully saturated rings. The molecule has 0 bridgehead atoms. The van der Waals surface area contributed by atoms with Crippen LogP contribution in [0.4, 0.5) is 5.82 Å². The lowest BCUT2D eigenvalue weighted by Gasteiger charge is -2.11. The summed E-state index contributed by atoms with van der Waals surface area (Å²) in [5, 5.41) is 7.87. The van der Waals surface area contributed by atoms with Crippen molar-refractivity contribution in [3.63, 3.8) is 0 Å². The molecule has 1 saturated carbocycles. The maximum atomic E-state index is 11.6. The van der Waals surface area contributed by atoms with Gasteiger partial charge in [0.05, 0.1) is 0 Å². The molecule has 8 nitrogen and oxygen atoms in total. The van der Waals surface area contributed by atoms with Gasteiger partial charge in [0.1, 0.15) is 16.7 Å². The van der Waals surface area contributed by atoms with Crippen LogP contribution in [-0.2, 0) is 6.54 Å². The van der Waals surface area contributed by atoms with Gasteiger partial charge in [-0.15, -0.1) is 5.10 Å². The summed E-state index contributed by atoms with van der Waals surface area (Å²) in [6.07, 6.45) is 2.22. The number of nitrogens with one attached hydrogen (secondary N) is 2. The highest BCUT2D eigenvalue weighted by atomic mass is 32.2. The second-order valence-electron chi connectivity index (χ2n) is 4.94. The van der Waals surface area contributed by atoms with E-state index < -0.39 is 0 Å². The predicted molar refractivity (Wildman–Crippen MR) is 79.2 cm³/mol. The number of H-pyrrole nitrogens is 1. The van der Waals surface area contributed by atoms with Gasteiger partial charge in [-0.25, -0.2) is 25.7 Å². The van der Waals surface area contributed by atoms with Gasteiger partial charge in [0, 0.05) is 18.0 Å². The Morgan fingerprint density at radius 3 is 2.86 bits per heavy atom. The van der Waals surface area contributed by atoms with Crippen molar-refractivity contribution in [3.05, 3.63) is 21.9 Å². The summed E-state index contributed by atoms with van der Waals surface area (Å²) in [6.45, 7) is 4.35. The molecule has 0 aromatic carbocycles. The Labute approximate surface area is 125 Å². The number of anilines is 1. The number of nitrogen functional groups attached to an aromatic ring is 1. The molecular weight excluding hydrogens is 290 g/mol. The van der Waals surface area contributed by atoms with Gasteiger partial charge in [0.25, 0.3) is 0 Å². The molecule has 4 N–H and O–H groups in total. The molecule has 0 saturated heterocycles. The first-order valence-electron chi connectivity index (χ1n) is 6.82. The van der Waals surface area contributed by atoms with Crippen molar-refractivity contribution in [1.82, 2.24) is 24.7 Å². The third kappa shape index (κ3) is 2.66. The fourth-order valence-electron chi connectivity index (χ4n) is 2.02. The summed E-state index contributed by atoms with van der Waals surface area (Å²) < 4.78 is 1.57. The Morgan fingerprint density at radius 2 is 2.24 bits per heavy atom. The van der Waals surface area contributed by atoms with Crippen molar-refractivity contribution in [2.75, 3.05) is 5.43 Å². The van der Waals surface area contributed by atoms with E-state index in [1.165, 1.54) is 11.8 Å². The van der Waals surface area contributed by atoms with Crippen LogP contribution < -0.4 is 17.0 Å². The Morgan fingerprint density at radius 1 is 1.48 bits per heavy atom. The van der Waals surface area contributed by atoms with Crippen molar-refractivity contribution < 1.29 is 0 Å². The number of hydrogen-bond acceptors (Lipinski definition) is 7. The second-order valence-corrected chi connectivity index (χ2v) is 5.89. The average molecular weight is 307 g/mol. The van der Waals surface area contributed by atoms with Crippen molar-refractivity contribution in [2.24, 2.45) is 5.84 Å². The number of rotatable bonds is 5. The van der Waals surface area contributed by atoms with Gasteiger partial charge in [-0.2, -0.15) is 0 Å². The molecule has 3 rings (SSSR count). The van der Waals surface area contributed by atoms with Gasteiger partial charge < -0.3 is 5.43 Å². The molecule has 2 heterocycles. The van der Waals surface area contributed by atoms with E-state index in [1.54, 1.807) is 4.57 Å². The molecule has 0 spiro atoms. The fourth-order valence-corrected chi connectivity index (χ4v) is 3.00. The van der Waals surface area contributed by atoms with Gasteiger partial charge in [0.2, 0.25) is 0 Å². The largest absolute Gasteiger partial charge is 0.343 e. The number of hydrogen-bond donors (Lipinski definition) is 3. The zero-order valence-electron chi connectivity index (χ0n) is 11.9. The van der Waals surface area contributed by atoms with Crippen LogP contribution in [0.15, 0.2) is 15.0 Å². The highest BCUT2D eigenvalue weighted by Crippen LogP contribution is 2.40. The Kier molecular flexibility index (Phi) is 3.68. The van der Waals surface area contributed by atoms with Crippen molar-refractivity contribution in [3.8, 4) is 0 Å². The molecule has 2 aromatic heterocycles. The lowest BCUT2D eigenvalue weighted by atomic mass is 10.3. The highest BCUT2D eigenvalue weighted by molar-refractivity contribution is 7.99. The van der Waals surface area contributed by atoms with E-state index in [1.807, 2.05) is 13.8 Å². The van der Waals surface area contributed by atoms with Gasteiger partial charge >= 0.3 is 5.69 Å². The molecule has 9 heteroatoms. The topological polar surface area (TPSA) is 115 Å². The number of hydrazine groups is 1. The molecular formula is C12H17N7OS. The van der Waals surface area contributed by atoms with E-state index in [9.17, 15) is 4.79 Å². The van der Waals surface area contributed by atoms with E-state index in [0.717, 1.165) is 29.3 Å². The summed E-state index contributed by atoms with van der Waals surface area (Å²) in [6, 6.07) is 0. The van der Waals surface area contributed by atoms with Gasteiger partial charge in [-0.05, 0) is 38.5 Å². The molecule has 1 aliphatic carbocycles. The van der Waals surface area contributed by atoms with Gasteiger partial charge in [-0.1, -0.05) is 0 Å². The third-order valence-corrected chi connectivity index (χ3v) is 4.51. The summed E-state index contributed by atoms with van der Waals surface area (Å²) in [4.78, 5) is 20.7. The Balaban J connectivity index is 2.00. The smallest absolute Gasteiger partial charge is 0.308 e. The normalized spacial score (nSPS) is 14.4. The Bertz CT molecular complexity index is 719. The van der Waals surface area contributed by atoms with E-state index in [4.69, 9.17) is 5.84 Å². The quantitative estimate of drug-likeness (QED) is 0.429. The van der Waals surface area contributed by atoms with E-state index in [2.05, 4.69) is 25.6 Å². The first-order valence-corrected chi connectivity index (χ1v) is 7.63. The zero-order chi connectivity index (χ0) is 15.0. The predicted octanol–water partition coefficient (Wildman–Crippen LogP) is 1.00. The van der Waals surface area contributed by atoms with E-state index in [-0.39, 0.29) is 5.69 Å². The zero-order valence-corrected chi connectivity index (χ0v) is 12.7. The monoisotopic (exact) mass is 307 g/mol. The first kappa shape index (κ1) is 14.1. The Hall–Kier alpha value is -1.87. The van der Waals surface area contributed by atoms with Crippen molar-refractivity contribution in [2.45, 2.75) is 49.3 Å². The maximum Gasteiger partial charge on any atom is 0.343 e. The highest BCUT2D eigenvalue weighted by Gasteiger charge is 2.28. The molecule has 0 atom stereocenters. The van der Waals surface area contributed by atoms with Crippen molar-refractivity contribution >= 4 is 17.6 Å². The molecule has 21 heavy (non-hydrogen) atoms. The molecule has 0 radical (unpaired) electrons. The lowest BCUT2D eigenvalue weighted by Crippen LogP contribution is -2.16. The van der Waals surface area contributed by atoms with Crippen LogP contribution in [0.5, 0.6) is 0 Å². The molecule has 0 unspecified atom stereocenters. The fraction of sp³-hybridized carbons (Fsp3) is 0.500. The minimum Gasteiger partial charge on any atom is -0.308 e. The summed E-state index contributed by atoms with van der Waals surface area (Å²) in [5.41, 5.74) is 3.25. The summed E-state index contributed by atoms with van der Waals surface area (Å²) in [5.74, 6) is 7.38. The average Bonchev–Trinajstić information content (AvgIpc) is 3.26. The molecule has 2 aromatic rings. The minimum atomic E-state index is -0.216. The maximum absolute atomic E-state index is 11.6. The number of nitrogens with two attached hydrogens (primary N) is 1. The number of nitrogens with zero attached hydrogens (tertiary/aromatic N) is 4. The number of aromatic nitrogens is 5. The molecule has 0 amide bonds. The summed E-state index contributed by atoms with van der Waals surface area (Å²) >= 11 is 1.35. The molecule has 112 valence electrons. The summed E-state index contributed by atoms with van der Waals surface area (Å²) in [7, 11) is 0. The third-order valence-electron chi connectivity index (χ3n) is 3.43. The van der Waals surface area contributed by atoms with Crippen LogP contribution in [0.25, 0.3) is 0 Å². The van der Waals surface area contributed by atoms with Crippen molar-refractivity contribution in [1.29, 1.82) is 0 Å². The van der Waals surface area contributed by atoms with Crippen LogP contribution in [0.1, 0.15) is 37.1 Å². The van der Waals surface area contributed by atoms with Crippen LogP contribution >= 0.6 is 11.8 Å². The van der Waals surface area contributed by atoms with Crippen LogP contribution in [-0.4, -0.2) is 24.7 Å². The minimum absolute atomic E-state index is 0.216. The van der Waals surface area contributed by atoms with Crippen LogP contribution in [0, 0.1) is 6.92 Å². The van der Waals surface area contributed by atoms with Gasteiger partial charge in [0.15, 0.2) is 5.16 Å². The first-order chi connectivity index (χ1) is 10.1. The SMILES string of the molecule is CCn1c(Sc2nc(C3CC3)nc(NN)c2C)n[nH]c1=O. The van der Waals surface area contributed by atoms with Gasteiger partial charge in [-0.3, -0.25) is 4.57 Å².